The van der Waals surface area contributed by atoms with Crippen molar-refractivity contribution in [3.05, 3.63) is 84.4 Å². The van der Waals surface area contributed by atoms with E-state index < -0.39 is 5.97 Å². The first kappa shape index (κ1) is 18.6. The molecular formula is C23H19N3O3. The number of carbonyl (C=O) groups excluding carboxylic acids is 2. The van der Waals surface area contributed by atoms with Gasteiger partial charge in [-0.25, -0.2) is 4.68 Å². The standard InChI is InChI=1S/C23H19N3O3/c27-22(19-12-10-18(11-13-19)17-6-2-1-3-7-17)16-29-23(28)14-15-26-21-9-5-4-8-20(21)24-25-26/h1-13H,14-16H2. The fourth-order valence-corrected chi connectivity index (χ4v) is 3.06. The number of nitrogens with zero attached hydrogens (tertiary/aromatic N) is 3. The predicted molar refractivity (Wildman–Crippen MR) is 109 cm³/mol. The number of carbonyl (C=O) groups is 2. The number of Topliss-reactive ketones (excluding diaryl/α,β-unsaturated/α-hetero) is 1. The summed E-state index contributed by atoms with van der Waals surface area (Å²) in [5.74, 6) is -0.678. The van der Waals surface area contributed by atoms with Crippen molar-refractivity contribution in [1.29, 1.82) is 0 Å². The number of aromatic nitrogens is 3. The molecule has 6 heteroatoms. The van der Waals surface area contributed by atoms with Crippen LogP contribution in [0.1, 0.15) is 16.8 Å². The van der Waals surface area contributed by atoms with Crippen LogP contribution in [0, 0.1) is 0 Å². The van der Waals surface area contributed by atoms with Crippen molar-refractivity contribution < 1.29 is 14.3 Å². The monoisotopic (exact) mass is 385 g/mol. The van der Waals surface area contributed by atoms with Crippen LogP contribution in [0.3, 0.4) is 0 Å². The van der Waals surface area contributed by atoms with E-state index in [0.717, 1.165) is 22.2 Å². The van der Waals surface area contributed by atoms with E-state index in [4.69, 9.17) is 4.74 Å². The van der Waals surface area contributed by atoms with Crippen LogP contribution in [0.2, 0.25) is 0 Å². The summed E-state index contributed by atoms with van der Waals surface area (Å²) in [6, 6.07) is 24.7. The van der Waals surface area contributed by atoms with E-state index in [0.29, 0.717) is 12.1 Å². The van der Waals surface area contributed by atoms with Crippen molar-refractivity contribution in [3.8, 4) is 11.1 Å². The van der Waals surface area contributed by atoms with Crippen LogP contribution in [0.5, 0.6) is 0 Å². The molecular weight excluding hydrogens is 366 g/mol. The lowest BCUT2D eigenvalue weighted by Gasteiger charge is -2.06. The molecule has 29 heavy (non-hydrogen) atoms. The van der Waals surface area contributed by atoms with Gasteiger partial charge in [-0.1, -0.05) is 71.9 Å². The molecule has 0 saturated carbocycles. The Morgan fingerprint density at radius 3 is 2.31 bits per heavy atom. The summed E-state index contributed by atoms with van der Waals surface area (Å²) in [4.78, 5) is 24.3. The lowest BCUT2D eigenvalue weighted by molar-refractivity contribution is -0.142. The van der Waals surface area contributed by atoms with Crippen LogP contribution >= 0.6 is 0 Å². The van der Waals surface area contributed by atoms with E-state index >= 15 is 0 Å². The normalized spacial score (nSPS) is 10.8. The number of ketones is 1. The molecule has 1 heterocycles. The van der Waals surface area contributed by atoms with Gasteiger partial charge in [-0.3, -0.25) is 9.59 Å². The Bertz CT molecular complexity index is 1130. The van der Waals surface area contributed by atoms with Gasteiger partial charge in [0.1, 0.15) is 5.52 Å². The SMILES string of the molecule is O=C(CCn1nnc2ccccc21)OCC(=O)c1ccc(-c2ccccc2)cc1. The number of rotatable bonds is 7. The average molecular weight is 385 g/mol. The smallest absolute Gasteiger partial charge is 0.308 e. The number of hydrogen-bond donors (Lipinski definition) is 0. The van der Waals surface area contributed by atoms with Crippen LogP contribution < -0.4 is 0 Å². The first-order chi connectivity index (χ1) is 14.2. The highest BCUT2D eigenvalue weighted by molar-refractivity contribution is 5.98. The third kappa shape index (κ3) is 4.38. The number of para-hydroxylation sites is 1. The number of ether oxygens (including phenoxy) is 1. The van der Waals surface area contributed by atoms with Crippen LogP contribution in [-0.2, 0) is 16.1 Å². The molecule has 0 spiro atoms. The van der Waals surface area contributed by atoms with Gasteiger partial charge in [0.15, 0.2) is 12.4 Å². The van der Waals surface area contributed by atoms with Gasteiger partial charge in [-0.2, -0.15) is 0 Å². The molecule has 1 aromatic heterocycles. The number of aryl methyl sites for hydroxylation is 1. The Labute approximate surface area is 167 Å². The number of fused-ring (bicyclic) bond motifs is 1. The number of benzene rings is 3. The zero-order valence-corrected chi connectivity index (χ0v) is 15.7. The average Bonchev–Trinajstić information content (AvgIpc) is 3.20. The molecule has 0 aliphatic heterocycles. The highest BCUT2D eigenvalue weighted by atomic mass is 16.5. The number of hydrogen-bond acceptors (Lipinski definition) is 5. The topological polar surface area (TPSA) is 74.1 Å². The van der Waals surface area contributed by atoms with Gasteiger partial charge in [0.05, 0.1) is 18.5 Å². The fraction of sp³-hybridized carbons (Fsp3) is 0.130. The van der Waals surface area contributed by atoms with Crippen molar-refractivity contribution in [2.75, 3.05) is 6.61 Å². The van der Waals surface area contributed by atoms with Crippen molar-refractivity contribution in [2.45, 2.75) is 13.0 Å². The molecule has 0 unspecified atom stereocenters. The third-order valence-electron chi connectivity index (χ3n) is 4.63. The largest absolute Gasteiger partial charge is 0.457 e. The molecule has 0 bridgehead atoms. The molecule has 6 nitrogen and oxygen atoms in total. The molecule has 0 aliphatic carbocycles. The Morgan fingerprint density at radius 1 is 0.828 bits per heavy atom. The zero-order valence-electron chi connectivity index (χ0n) is 15.7. The summed E-state index contributed by atoms with van der Waals surface area (Å²) in [5, 5.41) is 8.08. The Kier molecular flexibility index (Phi) is 5.42. The van der Waals surface area contributed by atoms with Crippen molar-refractivity contribution in [3.63, 3.8) is 0 Å². The van der Waals surface area contributed by atoms with Crippen LogP contribution in [0.4, 0.5) is 0 Å². The Morgan fingerprint density at radius 2 is 1.52 bits per heavy atom. The van der Waals surface area contributed by atoms with Gasteiger partial charge in [-0.15, -0.1) is 5.10 Å². The van der Waals surface area contributed by atoms with Gasteiger partial charge >= 0.3 is 5.97 Å². The van der Waals surface area contributed by atoms with Crippen molar-refractivity contribution in [1.82, 2.24) is 15.0 Å². The zero-order chi connectivity index (χ0) is 20.1. The van der Waals surface area contributed by atoms with Gasteiger partial charge < -0.3 is 4.74 Å². The first-order valence-corrected chi connectivity index (χ1v) is 9.33. The van der Waals surface area contributed by atoms with E-state index in [1.54, 1.807) is 16.8 Å². The highest BCUT2D eigenvalue weighted by Crippen LogP contribution is 2.19. The second-order valence-electron chi connectivity index (χ2n) is 6.58. The maximum atomic E-state index is 12.3. The van der Waals surface area contributed by atoms with Crippen molar-refractivity contribution in [2.24, 2.45) is 0 Å². The lowest BCUT2D eigenvalue weighted by atomic mass is 10.0. The maximum absolute atomic E-state index is 12.3. The van der Waals surface area contributed by atoms with E-state index in [1.807, 2.05) is 66.7 Å². The van der Waals surface area contributed by atoms with E-state index in [2.05, 4.69) is 10.3 Å². The molecule has 3 aromatic carbocycles. The minimum absolute atomic E-state index is 0.119. The van der Waals surface area contributed by atoms with Crippen LogP contribution in [-0.4, -0.2) is 33.4 Å². The number of esters is 1. The first-order valence-electron chi connectivity index (χ1n) is 9.33. The molecule has 0 N–H and O–H groups in total. The van der Waals surface area contributed by atoms with Crippen LogP contribution in [0.25, 0.3) is 22.2 Å². The Hall–Kier alpha value is -3.80. The van der Waals surface area contributed by atoms with E-state index in [1.165, 1.54) is 0 Å². The van der Waals surface area contributed by atoms with E-state index in [9.17, 15) is 9.59 Å². The molecule has 0 atom stereocenters. The minimum Gasteiger partial charge on any atom is -0.457 e. The predicted octanol–water partition coefficient (Wildman–Crippen LogP) is 3.91. The second kappa shape index (κ2) is 8.48. The molecule has 144 valence electrons. The molecule has 0 amide bonds. The molecule has 4 aromatic rings. The maximum Gasteiger partial charge on any atom is 0.308 e. The molecule has 0 radical (unpaired) electrons. The van der Waals surface area contributed by atoms with Crippen LogP contribution in [0.15, 0.2) is 78.9 Å². The summed E-state index contributed by atoms with van der Waals surface area (Å²) in [5.41, 5.74) is 4.25. The summed E-state index contributed by atoms with van der Waals surface area (Å²) >= 11 is 0. The second-order valence-corrected chi connectivity index (χ2v) is 6.58. The quantitative estimate of drug-likeness (QED) is 0.356. The van der Waals surface area contributed by atoms with Gasteiger partial charge in [0.2, 0.25) is 0 Å². The lowest BCUT2D eigenvalue weighted by Crippen LogP contribution is -2.16. The molecule has 0 fully saturated rings. The molecule has 0 saturated heterocycles. The highest BCUT2D eigenvalue weighted by Gasteiger charge is 2.12. The molecule has 4 rings (SSSR count). The summed E-state index contributed by atoms with van der Waals surface area (Å²) in [7, 11) is 0. The Balaban J connectivity index is 1.29. The van der Waals surface area contributed by atoms with Crippen molar-refractivity contribution >= 4 is 22.8 Å². The molecule has 0 aliphatic rings. The summed E-state index contributed by atoms with van der Waals surface area (Å²) < 4.78 is 6.79. The van der Waals surface area contributed by atoms with E-state index in [-0.39, 0.29) is 18.8 Å². The fourth-order valence-electron chi connectivity index (χ4n) is 3.06. The van der Waals surface area contributed by atoms with Gasteiger partial charge in [0.25, 0.3) is 0 Å². The third-order valence-corrected chi connectivity index (χ3v) is 4.63. The summed E-state index contributed by atoms with van der Waals surface area (Å²) in [6.45, 7) is 0.0704. The minimum atomic E-state index is -0.446. The van der Waals surface area contributed by atoms with Gasteiger partial charge in [0, 0.05) is 5.56 Å². The summed E-state index contributed by atoms with van der Waals surface area (Å²) in [6.07, 6.45) is 0.119. The van der Waals surface area contributed by atoms with Gasteiger partial charge in [-0.05, 0) is 23.3 Å².